The summed E-state index contributed by atoms with van der Waals surface area (Å²) in [4.78, 5) is 11.3. The lowest BCUT2D eigenvalue weighted by Gasteiger charge is -2.10. The molecule has 0 saturated carbocycles. The average molecular weight is 228 g/mol. The van der Waals surface area contributed by atoms with Crippen molar-refractivity contribution in [1.29, 1.82) is 0 Å². The molecule has 0 spiro atoms. The first-order valence-corrected chi connectivity index (χ1v) is 4.59. The van der Waals surface area contributed by atoms with E-state index < -0.39 is 29.5 Å². The van der Waals surface area contributed by atoms with Crippen LogP contribution in [0, 0.1) is 0 Å². The van der Waals surface area contributed by atoms with E-state index in [-0.39, 0.29) is 12.0 Å². The molecule has 88 valence electrons. The second kappa shape index (κ2) is 4.71. The lowest BCUT2D eigenvalue weighted by atomic mass is 10.2. The normalized spacial score (nSPS) is 12.1. The van der Waals surface area contributed by atoms with Crippen LogP contribution in [0.1, 0.15) is 23.7 Å². The van der Waals surface area contributed by atoms with Crippen LogP contribution in [0.4, 0.5) is 0 Å². The molecule has 0 bridgehead atoms. The maximum absolute atomic E-state index is 11.3. The van der Waals surface area contributed by atoms with Crippen LogP contribution in [0.15, 0.2) is 12.1 Å². The molecule has 6 nitrogen and oxygen atoms in total. The Kier molecular flexibility index (Phi) is 3.57. The van der Waals surface area contributed by atoms with Gasteiger partial charge in [0.25, 0.3) is 0 Å². The lowest BCUT2D eigenvalue weighted by Crippen LogP contribution is -2.16. The minimum Gasteiger partial charge on any atom is -0.504 e. The molecule has 1 unspecified atom stereocenters. The highest BCUT2D eigenvalue weighted by Crippen LogP contribution is 2.35. The van der Waals surface area contributed by atoms with Crippen molar-refractivity contribution in [3.63, 3.8) is 0 Å². The molecule has 0 fully saturated rings. The third kappa shape index (κ3) is 2.54. The summed E-state index contributed by atoms with van der Waals surface area (Å²) in [5.74, 6) is -2.90. The Morgan fingerprint density at radius 2 is 1.81 bits per heavy atom. The Labute approximate surface area is 91.3 Å². The van der Waals surface area contributed by atoms with Gasteiger partial charge in [-0.05, 0) is 12.1 Å². The SMILES string of the molecule is CCC(O)OC(=O)c1cc(O)c(O)c(O)c1. The predicted octanol–water partition coefficient (Wildman–Crippen LogP) is 0.689. The molecular formula is C10H12O6. The number of aliphatic hydroxyl groups excluding tert-OH is 1. The van der Waals surface area contributed by atoms with Gasteiger partial charge in [0.15, 0.2) is 17.2 Å². The van der Waals surface area contributed by atoms with E-state index in [4.69, 9.17) is 20.4 Å². The molecule has 0 saturated heterocycles. The summed E-state index contributed by atoms with van der Waals surface area (Å²) in [7, 11) is 0. The van der Waals surface area contributed by atoms with E-state index in [9.17, 15) is 4.79 Å². The summed E-state index contributed by atoms with van der Waals surface area (Å²) >= 11 is 0. The van der Waals surface area contributed by atoms with Crippen molar-refractivity contribution in [1.82, 2.24) is 0 Å². The van der Waals surface area contributed by atoms with Crippen LogP contribution in [0.5, 0.6) is 17.2 Å². The molecule has 6 heteroatoms. The molecule has 1 aromatic rings. The van der Waals surface area contributed by atoms with E-state index >= 15 is 0 Å². The molecule has 1 atom stereocenters. The summed E-state index contributed by atoms with van der Waals surface area (Å²) in [5, 5.41) is 36.4. The van der Waals surface area contributed by atoms with Crippen LogP contribution in [0.25, 0.3) is 0 Å². The molecule has 0 aromatic heterocycles. The fraction of sp³-hybridized carbons (Fsp3) is 0.300. The van der Waals surface area contributed by atoms with Crippen LogP contribution in [0.3, 0.4) is 0 Å². The van der Waals surface area contributed by atoms with Crippen LogP contribution in [0.2, 0.25) is 0 Å². The highest BCUT2D eigenvalue weighted by molar-refractivity contribution is 5.91. The van der Waals surface area contributed by atoms with E-state index in [1.807, 2.05) is 0 Å². The van der Waals surface area contributed by atoms with E-state index in [1.165, 1.54) is 0 Å². The third-order valence-electron chi connectivity index (χ3n) is 1.90. The van der Waals surface area contributed by atoms with E-state index in [0.717, 1.165) is 12.1 Å². The Hall–Kier alpha value is -1.95. The Balaban J connectivity index is 2.93. The van der Waals surface area contributed by atoms with Crippen molar-refractivity contribution in [2.24, 2.45) is 0 Å². The van der Waals surface area contributed by atoms with E-state index in [0.29, 0.717) is 0 Å². The molecule has 0 radical (unpaired) electrons. The summed E-state index contributed by atoms with van der Waals surface area (Å²) in [6.45, 7) is 1.61. The van der Waals surface area contributed by atoms with Gasteiger partial charge < -0.3 is 25.2 Å². The molecule has 1 aromatic carbocycles. The molecule has 0 amide bonds. The van der Waals surface area contributed by atoms with Gasteiger partial charge in [-0.2, -0.15) is 0 Å². The van der Waals surface area contributed by atoms with Gasteiger partial charge in [0.05, 0.1) is 5.56 Å². The number of benzene rings is 1. The molecule has 0 aliphatic carbocycles. The maximum Gasteiger partial charge on any atom is 0.340 e. The summed E-state index contributed by atoms with van der Waals surface area (Å²) in [6.07, 6.45) is -1.02. The number of hydrogen-bond acceptors (Lipinski definition) is 6. The Morgan fingerprint density at radius 1 is 1.31 bits per heavy atom. The number of rotatable bonds is 3. The lowest BCUT2D eigenvalue weighted by molar-refractivity contribution is -0.0657. The third-order valence-corrected chi connectivity index (χ3v) is 1.90. The summed E-state index contributed by atoms with van der Waals surface area (Å²) in [6, 6.07) is 1.86. The minimum atomic E-state index is -1.24. The average Bonchev–Trinajstić information content (AvgIpc) is 2.24. The van der Waals surface area contributed by atoms with Gasteiger partial charge in [0.2, 0.25) is 6.29 Å². The first-order chi connectivity index (χ1) is 7.45. The highest BCUT2D eigenvalue weighted by atomic mass is 16.6. The number of ether oxygens (including phenoxy) is 1. The number of aromatic hydroxyl groups is 3. The zero-order valence-corrected chi connectivity index (χ0v) is 8.54. The molecule has 16 heavy (non-hydrogen) atoms. The van der Waals surface area contributed by atoms with Gasteiger partial charge >= 0.3 is 5.97 Å². The van der Waals surface area contributed by atoms with Crippen molar-refractivity contribution in [3.05, 3.63) is 17.7 Å². The van der Waals surface area contributed by atoms with Crippen LogP contribution in [-0.2, 0) is 4.74 Å². The number of phenols is 3. The van der Waals surface area contributed by atoms with Gasteiger partial charge in [0, 0.05) is 6.42 Å². The molecule has 0 heterocycles. The van der Waals surface area contributed by atoms with Gasteiger partial charge in [-0.15, -0.1) is 0 Å². The first kappa shape index (κ1) is 12.1. The van der Waals surface area contributed by atoms with Crippen molar-refractivity contribution in [2.75, 3.05) is 0 Å². The molecule has 4 N–H and O–H groups in total. The number of hydrogen-bond donors (Lipinski definition) is 4. The van der Waals surface area contributed by atoms with Crippen molar-refractivity contribution in [2.45, 2.75) is 19.6 Å². The van der Waals surface area contributed by atoms with Gasteiger partial charge in [0.1, 0.15) is 0 Å². The van der Waals surface area contributed by atoms with Gasteiger partial charge in [-0.3, -0.25) is 0 Å². The zero-order chi connectivity index (χ0) is 12.3. The predicted molar refractivity (Wildman–Crippen MR) is 53.1 cm³/mol. The number of carbonyl (C=O) groups is 1. The number of carbonyl (C=O) groups excluding carboxylic acids is 1. The number of aliphatic hydroxyl groups is 1. The molecule has 0 aliphatic rings. The van der Waals surface area contributed by atoms with Gasteiger partial charge in [-0.25, -0.2) is 4.79 Å². The fourth-order valence-electron chi connectivity index (χ4n) is 0.997. The summed E-state index contributed by atoms with van der Waals surface area (Å²) < 4.78 is 4.55. The topological polar surface area (TPSA) is 107 Å². The van der Waals surface area contributed by atoms with Crippen LogP contribution < -0.4 is 0 Å². The smallest absolute Gasteiger partial charge is 0.340 e. The fourth-order valence-corrected chi connectivity index (χ4v) is 0.997. The Morgan fingerprint density at radius 3 is 2.25 bits per heavy atom. The minimum absolute atomic E-state index is 0.166. The van der Waals surface area contributed by atoms with Crippen LogP contribution in [-0.4, -0.2) is 32.7 Å². The number of phenolic OH excluding ortho intramolecular Hbond substituents is 3. The molecular weight excluding hydrogens is 216 g/mol. The van der Waals surface area contributed by atoms with Crippen molar-refractivity contribution < 1.29 is 30.0 Å². The zero-order valence-electron chi connectivity index (χ0n) is 8.54. The molecule has 0 aliphatic heterocycles. The van der Waals surface area contributed by atoms with Crippen LogP contribution >= 0.6 is 0 Å². The van der Waals surface area contributed by atoms with E-state index in [2.05, 4.69) is 4.74 Å². The maximum atomic E-state index is 11.3. The van der Waals surface area contributed by atoms with Gasteiger partial charge in [-0.1, -0.05) is 6.92 Å². The van der Waals surface area contributed by atoms with E-state index in [1.54, 1.807) is 6.92 Å². The summed E-state index contributed by atoms with van der Waals surface area (Å²) in [5.41, 5.74) is -0.166. The highest BCUT2D eigenvalue weighted by Gasteiger charge is 2.16. The monoisotopic (exact) mass is 228 g/mol. The second-order valence-electron chi connectivity index (χ2n) is 3.13. The quantitative estimate of drug-likeness (QED) is 0.344. The largest absolute Gasteiger partial charge is 0.504 e. The number of esters is 1. The second-order valence-corrected chi connectivity index (χ2v) is 3.13. The molecule has 1 rings (SSSR count). The Bertz CT molecular complexity index is 377. The first-order valence-electron chi connectivity index (χ1n) is 4.59. The standard InChI is InChI=1S/C10H12O6/c1-2-8(13)16-10(15)5-3-6(11)9(14)7(12)4-5/h3-4,8,11-14H,2H2,1H3. The van der Waals surface area contributed by atoms with Crippen molar-refractivity contribution in [3.8, 4) is 17.2 Å². The van der Waals surface area contributed by atoms with Crippen molar-refractivity contribution >= 4 is 5.97 Å².